The summed E-state index contributed by atoms with van der Waals surface area (Å²) >= 11 is 1.41. The first-order valence-corrected chi connectivity index (χ1v) is 10.7. The number of carbonyl (C=O) groups is 1. The monoisotopic (exact) mass is 408 g/mol. The molecule has 0 fully saturated rings. The largest absolute Gasteiger partial charge is 0.483 e. The fraction of sp³-hybridized carbons (Fsp3) is 0.318. The van der Waals surface area contributed by atoms with Gasteiger partial charge in [-0.1, -0.05) is 48.2 Å². The number of amides is 1. The van der Waals surface area contributed by atoms with Crippen LogP contribution in [0.15, 0.2) is 59.8 Å². The maximum Gasteiger partial charge on any atom is 0.237 e. The molecule has 2 heterocycles. The van der Waals surface area contributed by atoms with E-state index >= 15 is 0 Å². The molecule has 0 aliphatic carbocycles. The van der Waals surface area contributed by atoms with E-state index in [9.17, 15) is 4.79 Å². The van der Waals surface area contributed by atoms with E-state index in [1.807, 2.05) is 72.0 Å². The van der Waals surface area contributed by atoms with E-state index in [0.717, 1.165) is 36.6 Å². The summed E-state index contributed by atoms with van der Waals surface area (Å²) in [6.45, 7) is 2.71. The van der Waals surface area contributed by atoms with E-state index in [1.165, 1.54) is 17.3 Å². The van der Waals surface area contributed by atoms with Crippen LogP contribution >= 0.6 is 11.8 Å². The smallest absolute Gasteiger partial charge is 0.237 e. The summed E-state index contributed by atoms with van der Waals surface area (Å²) in [6.07, 6.45) is 1.78. The zero-order valence-corrected chi connectivity index (χ0v) is 17.4. The molecular weight excluding hydrogens is 384 g/mol. The molecule has 1 aliphatic heterocycles. The van der Waals surface area contributed by atoms with Crippen LogP contribution in [0.4, 0.5) is 5.69 Å². The van der Waals surface area contributed by atoms with Crippen molar-refractivity contribution in [3.05, 3.63) is 66.0 Å². The lowest BCUT2D eigenvalue weighted by Gasteiger charge is -2.29. The molecule has 2 aromatic carbocycles. The molecule has 3 aromatic rings. The van der Waals surface area contributed by atoms with E-state index in [-0.39, 0.29) is 12.0 Å². The molecular formula is C22H24N4O2S. The van der Waals surface area contributed by atoms with E-state index in [2.05, 4.69) is 16.3 Å². The molecule has 0 radical (unpaired) electrons. The molecule has 0 unspecified atom stereocenters. The third-order valence-electron chi connectivity index (χ3n) is 5.02. The van der Waals surface area contributed by atoms with Gasteiger partial charge in [0.1, 0.15) is 5.75 Å². The van der Waals surface area contributed by atoms with Gasteiger partial charge in [-0.15, -0.1) is 10.2 Å². The van der Waals surface area contributed by atoms with Crippen LogP contribution in [0.25, 0.3) is 0 Å². The van der Waals surface area contributed by atoms with Gasteiger partial charge in [0.05, 0.1) is 5.75 Å². The van der Waals surface area contributed by atoms with Gasteiger partial charge in [-0.2, -0.15) is 0 Å². The number of thioether (sulfide) groups is 1. The normalized spacial score (nSPS) is 14.3. The Balaban J connectivity index is 1.40. The van der Waals surface area contributed by atoms with Gasteiger partial charge in [-0.25, -0.2) is 0 Å². The summed E-state index contributed by atoms with van der Waals surface area (Å²) < 4.78 is 7.85. The third-order valence-corrected chi connectivity index (χ3v) is 6.03. The van der Waals surface area contributed by atoms with Crippen molar-refractivity contribution >= 4 is 23.4 Å². The van der Waals surface area contributed by atoms with Crippen molar-refractivity contribution in [3.8, 4) is 5.75 Å². The number of ether oxygens (including phenoxy) is 1. The lowest BCUT2D eigenvalue weighted by Crippen LogP contribution is -2.36. The molecule has 1 aliphatic rings. The molecule has 1 aromatic heterocycles. The summed E-state index contributed by atoms with van der Waals surface area (Å²) in [7, 11) is 1.91. The summed E-state index contributed by atoms with van der Waals surface area (Å²) in [5.41, 5.74) is 2.28. The van der Waals surface area contributed by atoms with Gasteiger partial charge in [0, 0.05) is 19.3 Å². The van der Waals surface area contributed by atoms with Crippen molar-refractivity contribution in [2.75, 3.05) is 17.2 Å². The van der Waals surface area contributed by atoms with Crippen LogP contribution in [-0.2, 0) is 18.3 Å². The highest BCUT2D eigenvalue weighted by molar-refractivity contribution is 7.99. The van der Waals surface area contributed by atoms with Crippen LogP contribution in [-0.4, -0.2) is 33.0 Å². The van der Waals surface area contributed by atoms with Gasteiger partial charge >= 0.3 is 0 Å². The maximum atomic E-state index is 12.9. The Hall–Kier alpha value is -2.80. The molecule has 1 atom stereocenters. The van der Waals surface area contributed by atoms with Gasteiger partial charge in [0.2, 0.25) is 5.91 Å². The molecule has 29 heavy (non-hydrogen) atoms. The number of fused-ring (bicyclic) bond motifs is 1. The standard InChI is InChI=1S/C22H24N4O2S/c1-16(28-18-11-4-3-5-12-18)21-23-24-22(25(21)2)29-15-20(27)26-14-8-10-17-9-6-7-13-19(17)26/h3-7,9,11-13,16H,8,10,14-15H2,1-2H3/t16-/m1/s1. The van der Waals surface area contributed by atoms with Crippen molar-refractivity contribution in [2.24, 2.45) is 7.05 Å². The number of carbonyl (C=O) groups excluding carboxylic acids is 1. The summed E-state index contributed by atoms with van der Waals surface area (Å²) in [4.78, 5) is 14.7. The molecule has 0 bridgehead atoms. The second-order valence-corrected chi connectivity index (χ2v) is 7.98. The van der Waals surface area contributed by atoms with Crippen LogP contribution < -0.4 is 9.64 Å². The number of anilines is 1. The predicted octanol–water partition coefficient (Wildman–Crippen LogP) is 4.03. The predicted molar refractivity (Wildman–Crippen MR) is 114 cm³/mol. The van der Waals surface area contributed by atoms with Crippen molar-refractivity contribution < 1.29 is 9.53 Å². The van der Waals surface area contributed by atoms with E-state index in [4.69, 9.17) is 4.74 Å². The van der Waals surface area contributed by atoms with Gasteiger partial charge in [0.25, 0.3) is 0 Å². The van der Waals surface area contributed by atoms with Crippen molar-refractivity contribution in [2.45, 2.75) is 31.0 Å². The highest BCUT2D eigenvalue weighted by Crippen LogP contribution is 2.28. The molecule has 0 N–H and O–H groups in total. The van der Waals surface area contributed by atoms with Gasteiger partial charge < -0.3 is 14.2 Å². The summed E-state index contributed by atoms with van der Waals surface area (Å²) in [5, 5.41) is 9.26. The van der Waals surface area contributed by atoms with Crippen molar-refractivity contribution in [3.63, 3.8) is 0 Å². The average Bonchev–Trinajstić information content (AvgIpc) is 3.12. The third kappa shape index (κ3) is 4.29. The Morgan fingerprint density at radius 1 is 1.14 bits per heavy atom. The highest BCUT2D eigenvalue weighted by atomic mass is 32.2. The lowest BCUT2D eigenvalue weighted by molar-refractivity contribution is -0.116. The molecule has 0 saturated heterocycles. The molecule has 150 valence electrons. The van der Waals surface area contributed by atoms with Crippen LogP contribution in [0.1, 0.15) is 30.8 Å². The van der Waals surface area contributed by atoms with E-state index in [1.54, 1.807) is 0 Å². The minimum Gasteiger partial charge on any atom is -0.483 e. The van der Waals surface area contributed by atoms with Crippen LogP contribution in [0.5, 0.6) is 5.75 Å². The first-order chi connectivity index (χ1) is 14.1. The molecule has 7 heteroatoms. The number of nitrogens with zero attached hydrogens (tertiary/aromatic N) is 4. The maximum absolute atomic E-state index is 12.9. The molecule has 4 rings (SSSR count). The molecule has 6 nitrogen and oxygen atoms in total. The zero-order chi connectivity index (χ0) is 20.2. The first-order valence-electron chi connectivity index (χ1n) is 9.75. The first kappa shape index (κ1) is 19.5. The van der Waals surface area contributed by atoms with Crippen molar-refractivity contribution in [1.29, 1.82) is 0 Å². The second-order valence-electron chi connectivity index (χ2n) is 7.04. The summed E-state index contributed by atoms with van der Waals surface area (Å²) in [6, 6.07) is 17.8. The Kier molecular flexibility index (Phi) is 5.85. The van der Waals surface area contributed by atoms with Gasteiger partial charge in [-0.05, 0) is 43.5 Å². The number of benzene rings is 2. The van der Waals surface area contributed by atoms with Crippen LogP contribution in [0.2, 0.25) is 0 Å². The van der Waals surface area contributed by atoms with Gasteiger partial charge in [-0.3, -0.25) is 4.79 Å². The molecule has 1 amide bonds. The minimum absolute atomic E-state index is 0.0975. The highest BCUT2D eigenvalue weighted by Gasteiger charge is 2.23. The number of hydrogen-bond donors (Lipinski definition) is 0. The number of aryl methyl sites for hydroxylation is 1. The Labute approximate surface area is 174 Å². The van der Waals surface area contributed by atoms with E-state index < -0.39 is 0 Å². The van der Waals surface area contributed by atoms with E-state index in [0.29, 0.717) is 10.9 Å². The summed E-state index contributed by atoms with van der Waals surface area (Å²) in [5.74, 6) is 1.94. The Bertz CT molecular complexity index is 989. The second kappa shape index (κ2) is 8.69. The number of para-hydroxylation sites is 2. The number of hydrogen-bond acceptors (Lipinski definition) is 5. The Morgan fingerprint density at radius 3 is 2.72 bits per heavy atom. The average molecular weight is 409 g/mol. The topological polar surface area (TPSA) is 60.3 Å². The van der Waals surface area contributed by atoms with Crippen molar-refractivity contribution in [1.82, 2.24) is 14.8 Å². The lowest BCUT2D eigenvalue weighted by atomic mass is 10.0. The zero-order valence-electron chi connectivity index (χ0n) is 16.6. The molecule has 0 saturated carbocycles. The fourth-order valence-electron chi connectivity index (χ4n) is 3.56. The molecule has 0 spiro atoms. The minimum atomic E-state index is -0.242. The Morgan fingerprint density at radius 2 is 1.90 bits per heavy atom. The number of rotatable bonds is 6. The SMILES string of the molecule is C[C@@H](Oc1ccccc1)c1nnc(SCC(=O)N2CCCc3ccccc32)n1C. The fourth-order valence-corrected chi connectivity index (χ4v) is 4.35. The van der Waals surface area contributed by atoms with Gasteiger partial charge in [0.15, 0.2) is 17.1 Å². The van der Waals surface area contributed by atoms with Crippen LogP contribution in [0.3, 0.4) is 0 Å². The van der Waals surface area contributed by atoms with Crippen LogP contribution in [0, 0.1) is 0 Å². The quantitative estimate of drug-likeness (QED) is 0.577. The number of aromatic nitrogens is 3.